The molecule has 0 aromatic carbocycles. The van der Waals surface area contributed by atoms with Gasteiger partial charge < -0.3 is 15.2 Å². The predicted octanol–water partition coefficient (Wildman–Crippen LogP) is 0.172. The smallest absolute Gasteiger partial charge is 0.383 e. The molecular weight excluding hydrogens is 302 g/mol. The highest BCUT2D eigenvalue weighted by atomic mass is 35.5. The summed E-state index contributed by atoms with van der Waals surface area (Å²) in [4.78, 5) is 13.2. The summed E-state index contributed by atoms with van der Waals surface area (Å²) in [5.41, 5.74) is -1.58. The molecule has 1 aromatic heterocycles. The van der Waals surface area contributed by atoms with Crippen LogP contribution in [0.25, 0.3) is 0 Å². The van der Waals surface area contributed by atoms with E-state index in [1.807, 2.05) is 0 Å². The fourth-order valence-corrected chi connectivity index (χ4v) is 1.89. The maximum absolute atomic E-state index is 10.8. The minimum absolute atomic E-state index is 0.189. The normalized spacial score (nSPS) is 15.2. The largest absolute Gasteiger partial charge is 0.386 e. The number of hydrogen-bond donors (Lipinski definition) is 1. The summed E-state index contributed by atoms with van der Waals surface area (Å²) in [5.74, 6) is -0.468. The molecule has 1 N–H and O–H groups in total. The van der Waals surface area contributed by atoms with E-state index in [0.717, 1.165) is 17.0 Å². The third-order valence-corrected chi connectivity index (χ3v) is 2.84. The minimum atomic E-state index is -3.69. The van der Waals surface area contributed by atoms with Gasteiger partial charge in [0.2, 0.25) is 0 Å². The van der Waals surface area contributed by atoms with Gasteiger partial charge >= 0.3 is 11.1 Å². The number of hydrogen-bond acceptors (Lipinski definition) is 7. The van der Waals surface area contributed by atoms with Crippen molar-refractivity contribution in [1.29, 1.82) is 0 Å². The van der Waals surface area contributed by atoms with Gasteiger partial charge in [-0.15, -0.1) is 0 Å². The first kappa shape index (κ1) is 15.8. The van der Waals surface area contributed by atoms with Crippen LogP contribution in [0.1, 0.15) is 6.92 Å². The van der Waals surface area contributed by atoms with Crippen molar-refractivity contribution in [2.24, 2.45) is 0 Å². The van der Waals surface area contributed by atoms with Crippen molar-refractivity contribution in [3.05, 3.63) is 21.6 Å². The summed E-state index contributed by atoms with van der Waals surface area (Å²) in [6.07, 6.45) is 1.88. The number of nitro groups is 1. The number of nitrogens with zero attached hydrogens (tertiary/aromatic N) is 3. The van der Waals surface area contributed by atoms with E-state index in [0.29, 0.717) is 0 Å². The number of imidazole rings is 1. The third kappa shape index (κ3) is 5.11. The highest BCUT2D eigenvalue weighted by Crippen LogP contribution is 2.19. The van der Waals surface area contributed by atoms with E-state index in [1.54, 1.807) is 0 Å². The molecule has 108 valence electrons. The van der Waals surface area contributed by atoms with Gasteiger partial charge in [0.25, 0.3) is 10.1 Å². The maximum atomic E-state index is 10.8. The zero-order valence-corrected chi connectivity index (χ0v) is 11.7. The minimum Gasteiger partial charge on any atom is -0.386 e. The zero-order valence-electron chi connectivity index (χ0n) is 10.1. The van der Waals surface area contributed by atoms with Crippen LogP contribution < -0.4 is 0 Å². The molecule has 0 fully saturated rings. The zero-order chi connectivity index (χ0) is 14.8. The van der Waals surface area contributed by atoms with E-state index in [1.165, 1.54) is 6.92 Å². The topological polar surface area (TPSA) is 125 Å². The number of aromatic nitrogens is 2. The summed E-state index contributed by atoms with van der Waals surface area (Å²) >= 11 is 5.66. The van der Waals surface area contributed by atoms with Crippen molar-refractivity contribution in [3.8, 4) is 0 Å². The molecule has 0 amide bonds. The summed E-state index contributed by atoms with van der Waals surface area (Å²) in [7, 11) is -3.69. The fraction of sp³-hybridized carbons (Fsp3) is 0.625. The van der Waals surface area contributed by atoms with Crippen LogP contribution in [-0.4, -0.2) is 46.5 Å². The molecule has 0 radical (unpaired) electrons. The Bertz CT molecular complexity index is 581. The molecule has 0 aliphatic rings. The Kier molecular flexibility index (Phi) is 4.50. The highest BCUT2D eigenvalue weighted by Gasteiger charge is 2.27. The van der Waals surface area contributed by atoms with Crippen LogP contribution >= 0.6 is 11.6 Å². The van der Waals surface area contributed by atoms with Crippen molar-refractivity contribution in [3.63, 3.8) is 0 Å². The third-order valence-electron chi connectivity index (χ3n) is 2.00. The van der Waals surface area contributed by atoms with Gasteiger partial charge in [0.05, 0.1) is 19.4 Å². The molecule has 0 saturated carbocycles. The van der Waals surface area contributed by atoms with E-state index in [-0.39, 0.29) is 11.8 Å². The molecule has 0 bridgehead atoms. The van der Waals surface area contributed by atoms with Crippen molar-refractivity contribution >= 4 is 27.5 Å². The van der Waals surface area contributed by atoms with E-state index >= 15 is 0 Å². The molecule has 0 spiro atoms. The van der Waals surface area contributed by atoms with Crippen LogP contribution in [0, 0.1) is 10.1 Å². The van der Waals surface area contributed by atoms with Crippen molar-refractivity contribution in [1.82, 2.24) is 9.55 Å². The Balaban J connectivity index is 2.80. The van der Waals surface area contributed by atoms with Gasteiger partial charge in [-0.3, -0.25) is 8.75 Å². The Morgan fingerprint density at radius 1 is 1.68 bits per heavy atom. The lowest BCUT2D eigenvalue weighted by molar-refractivity contribution is -0.389. The molecular formula is C8H12ClN3O6S. The van der Waals surface area contributed by atoms with Gasteiger partial charge in [0.15, 0.2) is 0 Å². The van der Waals surface area contributed by atoms with Crippen LogP contribution in [0.2, 0.25) is 5.28 Å². The van der Waals surface area contributed by atoms with E-state index < -0.39 is 33.1 Å². The Morgan fingerprint density at radius 2 is 2.26 bits per heavy atom. The summed E-state index contributed by atoms with van der Waals surface area (Å²) in [6.45, 7) is 0.594. The average Bonchev–Trinajstić information content (AvgIpc) is 2.56. The van der Waals surface area contributed by atoms with E-state index in [4.69, 9.17) is 11.6 Å². The maximum Gasteiger partial charge on any atom is 0.383 e. The number of aliphatic hydroxyl groups is 1. The van der Waals surface area contributed by atoms with Crippen LogP contribution in [0.5, 0.6) is 0 Å². The second-order valence-electron chi connectivity index (χ2n) is 4.22. The Labute approximate surface area is 114 Å². The summed E-state index contributed by atoms with van der Waals surface area (Å²) in [6, 6.07) is 0. The Morgan fingerprint density at radius 3 is 2.68 bits per heavy atom. The Hall–Kier alpha value is -1.23. The lowest BCUT2D eigenvalue weighted by Crippen LogP contribution is -2.36. The molecule has 9 nitrogen and oxygen atoms in total. The molecule has 1 atom stereocenters. The van der Waals surface area contributed by atoms with Gasteiger partial charge in [-0.2, -0.15) is 8.42 Å². The van der Waals surface area contributed by atoms with Crippen LogP contribution in [0.3, 0.4) is 0 Å². The van der Waals surface area contributed by atoms with Crippen molar-refractivity contribution in [2.45, 2.75) is 19.1 Å². The molecule has 0 unspecified atom stereocenters. The first-order chi connectivity index (χ1) is 8.50. The second kappa shape index (κ2) is 5.41. The molecule has 19 heavy (non-hydrogen) atoms. The van der Waals surface area contributed by atoms with Crippen LogP contribution in [-0.2, 0) is 20.8 Å². The quantitative estimate of drug-likeness (QED) is 0.451. The lowest BCUT2D eigenvalue weighted by Gasteiger charge is -2.22. The number of rotatable bonds is 6. The van der Waals surface area contributed by atoms with Gasteiger partial charge in [0.1, 0.15) is 11.8 Å². The first-order valence-corrected chi connectivity index (χ1v) is 7.13. The molecule has 0 aliphatic carbocycles. The van der Waals surface area contributed by atoms with Gasteiger partial charge in [-0.1, -0.05) is 0 Å². The molecule has 0 aliphatic heterocycles. The highest BCUT2D eigenvalue weighted by molar-refractivity contribution is 7.85. The average molecular weight is 314 g/mol. The SMILES string of the molecule is C[C@](O)(COS(C)(=O)=O)Cn1cc([N+](=O)[O-])nc1Cl. The van der Waals surface area contributed by atoms with Crippen LogP contribution in [0.4, 0.5) is 5.82 Å². The number of halogens is 1. The molecule has 1 aromatic rings. The lowest BCUT2D eigenvalue weighted by atomic mass is 10.1. The van der Waals surface area contributed by atoms with E-state index in [9.17, 15) is 23.6 Å². The van der Waals surface area contributed by atoms with Crippen molar-refractivity contribution < 1.29 is 22.6 Å². The van der Waals surface area contributed by atoms with Gasteiger partial charge in [0, 0.05) is 0 Å². The summed E-state index contributed by atoms with van der Waals surface area (Å²) in [5, 5.41) is 20.2. The molecule has 0 saturated heterocycles. The van der Waals surface area contributed by atoms with Crippen LogP contribution in [0.15, 0.2) is 6.20 Å². The van der Waals surface area contributed by atoms with Crippen molar-refractivity contribution in [2.75, 3.05) is 12.9 Å². The predicted molar refractivity (Wildman–Crippen MR) is 65.3 cm³/mol. The second-order valence-corrected chi connectivity index (χ2v) is 6.20. The fourth-order valence-electron chi connectivity index (χ4n) is 1.23. The molecule has 1 heterocycles. The van der Waals surface area contributed by atoms with E-state index in [2.05, 4.69) is 9.17 Å². The summed E-state index contributed by atoms with van der Waals surface area (Å²) < 4.78 is 27.2. The monoisotopic (exact) mass is 313 g/mol. The van der Waals surface area contributed by atoms with Gasteiger partial charge in [-0.05, 0) is 28.4 Å². The first-order valence-electron chi connectivity index (χ1n) is 4.94. The standard InChI is InChI=1S/C8H12ClN3O6S/c1-8(13,5-18-19(2,16)17)4-11-3-6(12(14)15)10-7(11)9/h3,13H,4-5H2,1-2H3/t8-/m1/s1. The molecule has 1 rings (SSSR count). The van der Waals surface area contributed by atoms with Gasteiger partial charge in [-0.25, -0.2) is 0 Å². The molecule has 11 heteroatoms.